The van der Waals surface area contributed by atoms with E-state index in [0.717, 1.165) is 11.1 Å². The Labute approximate surface area is 543 Å². The molecule has 0 aromatic carbocycles. The molecule has 92 heavy (non-hydrogen) atoms. The van der Waals surface area contributed by atoms with Crippen LogP contribution in [0.3, 0.4) is 0 Å². The van der Waals surface area contributed by atoms with Gasteiger partial charge in [0.05, 0.1) is 39.6 Å². The second-order valence-electron chi connectivity index (χ2n) is 26.8. The number of amides is 2. The zero-order valence-electron chi connectivity index (χ0n) is 57.0. The predicted octanol–water partition coefficient (Wildman–Crippen LogP) is 8.49. The minimum atomic E-state index is -2.22. The van der Waals surface area contributed by atoms with E-state index in [4.69, 9.17) is 59.0 Å². The van der Waals surface area contributed by atoms with Crippen molar-refractivity contribution in [3.8, 4) is 23.3 Å². The lowest BCUT2D eigenvalue weighted by molar-refractivity contribution is -0.800. The van der Waals surface area contributed by atoms with Gasteiger partial charge in [0, 0.05) is 114 Å². The van der Waals surface area contributed by atoms with Crippen LogP contribution >= 0.6 is 0 Å². The number of carbonyl (C=O) groups is 3. The molecular formula is C65H110N8O19. The number of nitrogens with one attached hydrogen (secondary N) is 2. The fourth-order valence-corrected chi connectivity index (χ4v) is 12.6. The molecule has 2 saturated carbocycles. The standard InChI is InChI=1S/C65H110N8O19/c1-39(2)45(29-43-31-57(61(85-13)68-37-43)87-27-15-25-83-11)33-53(66)55(74)35-51(41(5)6)59(76)70-49-21-17-47(18-22-49)64(9,91-72(79)80)89-63(78)90-65(10,92-73(81)82)48-19-23-50(24-20-48)71-60(77)52(42(7)8)36-56(75)54(67)34-46(40(3)4)30-44-32-58(62(86-14)69-38-44)88-28-16-26-84-12/h31-32,37-42,45-56,74-75H,15-30,33-36,66-67H2,1-14H3,(H,70,76)(H,71,77)/t45-,46-,47?,48?,49?,50?,51-,52-,53-,54-,55-,56-,64?,65?/m0/s1. The average molecular weight is 1310 g/mol. The smallest absolute Gasteiger partial charge is 0.488 e. The van der Waals surface area contributed by atoms with Gasteiger partial charge in [0.15, 0.2) is 11.5 Å². The number of aliphatic hydroxyl groups is 2. The molecule has 524 valence electrons. The van der Waals surface area contributed by atoms with Gasteiger partial charge in [-0.25, -0.2) is 14.8 Å². The molecule has 2 unspecified atom stereocenters. The monoisotopic (exact) mass is 1310 g/mol. The molecule has 2 aromatic heterocycles. The zero-order chi connectivity index (χ0) is 68.5. The Morgan fingerprint density at radius 1 is 0.576 bits per heavy atom. The molecule has 0 aliphatic heterocycles. The van der Waals surface area contributed by atoms with Gasteiger partial charge in [-0.2, -0.15) is 0 Å². The third-order valence-corrected chi connectivity index (χ3v) is 18.6. The maximum Gasteiger partial charge on any atom is 0.512 e. The maximum absolute atomic E-state index is 14.0. The Morgan fingerprint density at radius 3 is 1.22 bits per heavy atom. The predicted molar refractivity (Wildman–Crippen MR) is 341 cm³/mol. The number of ether oxygens (including phenoxy) is 8. The van der Waals surface area contributed by atoms with Crippen molar-refractivity contribution in [1.29, 1.82) is 0 Å². The van der Waals surface area contributed by atoms with E-state index in [0.29, 0.717) is 114 Å². The SMILES string of the molecule is COCCCOc1cc(C[C@@H](C[C@H](N)[C@@H](O)C[C@H](C(=O)NC2CCC(C(C)(OC(=O)OC(C)(O[N+](=O)[O-])C3CCC(NC(=O)[C@@H](C[C@H](O)[C@@H](N)C[C@H](Cc4cnc(OC)c(OCCCOC)c4)C(C)C)C(C)C)CC3)O[N+](=O)[O-])CC2)C(C)C)C(C)C)cnc1OC. The summed E-state index contributed by atoms with van der Waals surface area (Å²) in [5.74, 6) is -5.78. The van der Waals surface area contributed by atoms with E-state index in [2.05, 4.69) is 48.3 Å². The summed E-state index contributed by atoms with van der Waals surface area (Å²) < 4.78 is 44.2. The third kappa shape index (κ3) is 25.0. The number of nitrogens with zero attached hydrogens (tertiary/aromatic N) is 4. The van der Waals surface area contributed by atoms with Gasteiger partial charge in [-0.1, -0.05) is 55.4 Å². The molecule has 2 amide bonds. The van der Waals surface area contributed by atoms with Crippen LogP contribution in [-0.2, 0) is 51.1 Å². The summed E-state index contributed by atoms with van der Waals surface area (Å²) in [6.07, 6.45) is 5.85. The van der Waals surface area contributed by atoms with Gasteiger partial charge in [0.2, 0.25) is 11.8 Å². The van der Waals surface area contributed by atoms with Gasteiger partial charge in [0.1, 0.15) is 0 Å². The molecule has 2 fully saturated rings. The van der Waals surface area contributed by atoms with Crippen LogP contribution in [0.1, 0.15) is 170 Å². The molecule has 0 spiro atoms. The van der Waals surface area contributed by atoms with Crippen LogP contribution in [0.25, 0.3) is 0 Å². The van der Waals surface area contributed by atoms with E-state index in [9.17, 15) is 44.8 Å². The molecule has 2 heterocycles. The highest BCUT2D eigenvalue weighted by atomic mass is 17.0. The van der Waals surface area contributed by atoms with E-state index in [1.165, 1.54) is 28.1 Å². The van der Waals surface area contributed by atoms with E-state index in [1.54, 1.807) is 26.6 Å². The Kier molecular flexibility index (Phi) is 32.6. The number of aromatic nitrogens is 2. The number of aliphatic hydroxyl groups excluding tert-OH is 2. The quantitative estimate of drug-likeness (QED) is 0.0119. The van der Waals surface area contributed by atoms with Crippen LogP contribution in [0.4, 0.5) is 4.79 Å². The van der Waals surface area contributed by atoms with Gasteiger partial charge in [-0.3, -0.25) is 19.3 Å². The lowest BCUT2D eigenvalue weighted by atomic mass is 9.79. The topological polar surface area (TPSA) is 372 Å². The molecule has 0 bridgehead atoms. The van der Waals surface area contributed by atoms with Crippen LogP contribution < -0.4 is 41.0 Å². The molecular weight excluding hydrogens is 1200 g/mol. The fraction of sp³-hybridized carbons (Fsp3) is 0.800. The molecule has 27 heteroatoms. The fourth-order valence-electron chi connectivity index (χ4n) is 12.6. The van der Waals surface area contributed by atoms with Crippen LogP contribution in [0, 0.1) is 79.4 Å². The number of methoxy groups -OCH3 is 4. The van der Waals surface area contributed by atoms with Gasteiger partial charge in [-0.05, 0) is 149 Å². The second kappa shape index (κ2) is 38.3. The summed E-state index contributed by atoms with van der Waals surface area (Å²) in [6, 6.07) is 1.79. The van der Waals surface area contributed by atoms with E-state index in [1.807, 2.05) is 39.8 Å². The average Bonchev–Trinajstić information content (AvgIpc) is 0.935. The number of carbonyl (C=O) groups excluding carboxylic acids is 3. The summed E-state index contributed by atoms with van der Waals surface area (Å²) in [6.45, 7) is 20.4. The van der Waals surface area contributed by atoms with Gasteiger partial charge in [-0.15, -0.1) is 20.2 Å². The number of nitrogens with two attached hydrogens (primary N) is 2. The lowest BCUT2D eigenvalue weighted by Gasteiger charge is -2.41. The molecule has 2 aliphatic rings. The largest absolute Gasteiger partial charge is 0.512 e. The highest BCUT2D eigenvalue weighted by Gasteiger charge is 2.49. The van der Waals surface area contributed by atoms with Crippen molar-refractivity contribution in [1.82, 2.24) is 20.6 Å². The normalized spacial score (nSPS) is 20.8. The first-order valence-corrected chi connectivity index (χ1v) is 32.8. The third-order valence-electron chi connectivity index (χ3n) is 18.6. The Bertz CT molecular complexity index is 2400. The Morgan fingerprint density at radius 2 is 0.924 bits per heavy atom. The van der Waals surface area contributed by atoms with Crippen molar-refractivity contribution in [2.45, 2.75) is 220 Å². The zero-order valence-corrected chi connectivity index (χ0v) is 57.0. The highest BCUT2D eigenvalue weighted by Crippen LogP contribution is 2.41. The summed E-state index contributed by atoms with van der Waals surface area (Å²) in [4.78, 5) is 84.7. The van der Waals surface area contributed by atoms with Gasteiger partial charge in [0.25, 0.3) is 33.5 Å². The summed E-state index contributed by atoms with van der Waals surface area (Å²) in [5.41, 5.74) is 15.3. The molecule has 2 aliphatic carbocycles. The summed E-state index contributed by atoms with van der Waals surface area (Å²) >= 11 is 0. The van der Waals surface area contributed by atoms with Gasteiger partial charge >= 0.3 is 6.16 Å². The second-order valence-corrected chi connectivity index (χ2v) is 26.8. The molecule has 10 atom stereocenters. The lowest BCUT2D eigenvalue weighted by Crippen LogP contribution is -2.51. The van der Waals surface area contributed by atoms with Crippen LogP contribution in [0.5, 0.6) is 23.3 Å². The van der Waals surface area contributed by atoms with Crippen molar-refractivity contribution in [2.24, 2.45) is 70.6 Å². The number of hydrogen-bond donors (Lipinski definition) is 6. The molecule has 8 N–H and O–H groups in total. The molecule has 4 rings (SSSR count). The molecule has 27 nitrogen and oxygen atoms in total. The first-order chi connectivity index (χ1) is 43.5. The minimum absolute atomic E-state index is 0.0600. The highest BCUT2D eigenvalue weighted by molar-refractivity contribution is 5.79. The van der Waals surface area contributed by atoms with Crippen molar-refractivity contribution >= 4 is 18.0 Å². The van der Waals surface area contributed by atoms with Crippen LogP contribution in [-0.4, -0.2) is 151 Å². The summed E-state index contributed by atoms with van der Waals surface area (Å²) in [5, 5.41) is 51.1. The van der Waals surface area contributed by atoms with Crippen molar-refractivity contribution in [3.63, 3.8) is 0 Å². The van der Waals surface area contributed by atoms with E-state index < -0.39 is 75.9 Å². The Balaban J connectivity index is 1.32. The molecule has 0 saturated heterocycles. The minimum Gasteiger partial charge on any atom is -0.488 e. The van der Waals surface area contributed by atoms with Crippen molar-refractivity contribution < 1.29 is 82.3 Å². The van der Waals surface area contributed by atoms with E-state index >= 15 is 0 Å². The first kappa shape index (κ1) is 78.3. The molecule has 0 radical (unpaired) electrons. The Hall–Kier alpha value is -6.13. The number of hydrogen-bond acceptors (Lipinski definition) is 23. The first-order valence-electron chi connectivity index (χ1n) is 32.8. The van der Waals surface area contributed by atoms with Crippen LogP contribution in [0.2, 0.25) is 0 Å². The molecule has 2 aromatic rings. The number of rotatable bonds is 42. The van der Waals surface area contributed by atoms with Crippen LogP contribution in [0.15, 0.2) is 24.5 Å². The van der Waals surface area contributed by atoms with Crippen molar-refractivity contribution in [2.75, 3.05) is 54.9 Å². The maximum atomic E-state index is 14.0. The van der Waals surface area contributed by atoms with Crippen molar-refractivity contribution in [3.05, 3.63) is 55.9 Å². The number of pyridine rings is 2. The summed E-state index contributed by atoms with van der Waals surface area (Å²) in [7, 11) is 6.33. The van der Waals surface area contributed by atoms with E-state index in [-0.39, 0.29) is 97.9 Å². The van der Waals surface area contributed by atoms with Gasteiger partial charge < -0.3 is 70.2 Å².